The molecule has 0 aromatic heterocycles. The maximum Gasteiger partial charge on any atom is 0.260 e. The van der Waals surface area contributed by atoms with Crippen LogP contribution < -0.4 is 4.90 Å². The van der Waals surface area contributed by atoms with Crippen LogP contribution in [0.5, 0.6) is 0 Å². The molecule has 1 saturated heterocycles. The fourth-order valence-corrected chi connectivity index (χ4v) is 4.33. The summed E-state index contributed by atoms with van der Waals surface area (Å²) in [6.45, 7) is 4.12. The predicted octanol–water partition coefficient (Wildman–Crippen LogP) is 4.10. The monoisotopic (exact) mass is 340 g/mol. The smallest absolute Gasteiger partial charge is 0.260 e. The van der Waals surface area contributed by atoms with Crippen LogP contribution in [0.4, 0.5) is 5.69 Å². The first-order valence-electron chi connectivity index (χ1n) is 8.43. The molecule has 0 unspecified atom stereocenters. The molecule has 0 spiro atoms. The van der Waals surface area contributed by atoms with Gasteiger partial charge in [0, 0.05) is 24.2 Å². The number of likely N-dealkylation sites (tertiary alicyclic amines) is 1. The van der Waals surface area contributed by atoms with Gasteiger partial charge in [0.1, 0.15) is 0 Å². The van der Waals surface area contributed by atoms with Crippen LogP contribution >= 0.6 is 11.6 Å². The van der Waals surface area contributed by atoms with Crippen molar-refractivity contribution in [1.29, 1.82) is 0 Å². The lowest BCUT2D eigenvalue weighted by Gasteiger charge is -2.36. The topological polar surface area (TPSA) is 23.6 Å². The van der Waals surface area contributed by atoms with Crippen molar-refractivity contribution in [2.75, 3.05) is 25.0 Å². The number of benzene rings is 2. The molecule has 3 nitrogen and oxygen atoms in total. The number of anilines is 1. The maximum absolute atomic E-state index is 13.3. The third-order valence-electron chi connectivity index (χ3n) is 5.28. The summed E-state index contributed by atoms with van der Waals surface area (Å²) in [7, 11) is 2.16. The lowest BCUT2D eigenvalue weighted by atomic mass is 9.88. The van der Waals surface area contributed by atoms with Crippen molar-refractivity contribution in [3.63, 3.8) is 0 Å². The van der Waals surface area contributed by atoms with Gasteiger partial charge >= 0.3 is 0 Å². The molecule has 0 saturated carbocycles. The first-order valence-corrected chi connectivity index (χ1v) is 8.81. The van der Waals surface area contributed by atoms with E-state index in [0.29, 0.717) is 16.5 Å². The van der Waals surface area contributed by atoms with Gasteiger partial charge in [-0.25, -0.2) is 0 Å². The van der Waals surface area contributed by atoms with E-state index in [0.717, 1.165) is 25.2 Å². The molecule has 2 aliphatic heterocycles. The van der Waals surface area contributed by atoms with Gasteiger partial charge in [0.05, 0.1) is 10.6 Å². The number of amides is 1. The van der Waals surface area contributed by atoms with Crippen molar-refractivity contribution >= 4 is 23.2 Å². The number of likely N-dealkylation sites (N-methyl/N-ethyl adjacent to an activating group) is 1. The Kier molecular flexibility index (Phi) is 3.86. The van der Waals surface area contributed by atoms with Gasteiger partial charge in [-0.2, -0.15) is 0 Å². The van der Waals surface area contributed by atoms with Gasteiger partial charge < -0.3 is 9.80 Å². The Morgan fingerprint density at radius 3 is 2.79 bits per heavy atom. The van der Waals surface area contributed by atoms with Crippen molar-refractivity contribution in [1.82, 2.24) is 4.90 Å². The average Bonchev–Trinajstić information content (AvgIpc) is 2.88. The second kappa shape index (κ2) is 5.91. The van der Waals surface area contributed by atoms with E-state index in [9.17, 15) is 4.79 Å². The first-order chi connectivity index (χ1) is 11.6. The Hall–Kier alpha value is -1.84. The van der Waals surface area contributed by atoms with Crippen LogP contribution in [-0.4, -0.2) is 37.0 Å². The molecule has 2 heterocycles. The molecule has 24 heavy (non-hydrogen) atoms. The van der Waals surface area contributed by atoms with Crippen molar-refractivity contribution in [3.8, 4) is 0 Å². The van der Waals surface area contributed by atoms with E-state index in [1.807, 2.05) is 23.1 Å². The van der Waals surface area contributed by atoms with Gasteiger partial charge in [-0.05, 0) is 50.7 Å². The predicted molar refractivity (Wildman–Crippen MR) is 98.1 cm³/mol. The fourth-order valence-electron chi connectivity index (χ4n) is 4.11. The van der Waals surface area contributed by atoms with Crippen LogP contribution in [-0.2, 0) is 0 Å². The summed E-state index contributed by atoms with van der Waals surface area (Å²) in [6.07, 6.45) is 0.991. The van der Waals surface area contributed by atoms with Gasteiger partial charge in [-0.15, -0.1) is 0 Å². The number of halogens is 1. The molecule has 1 amide bonds. The highest BCUT2D eigenvalue weighted by Gasteiger charge is 2.44. The van der Waals surface area contributed by atoms with E-state index in [2.05, 4.69) is 37.1 Å². The lowest BCUT2D eigenvalue weighted by Crippen LogP contribution is -2.47. The molecule has 124 valence electrons. The molecule has 0 bridgehead atoms. The Labute approximate surface area is 147 Å². The molecule has 2 aliphatic rings. The molecule has 2 aromatic rings. The summed E-state index contributed by atoms with van der Waals surface area (Å²) in [5, 5.41) is 0.521. The molecule has 0 radical (unpaired) electrons. The summed E-state index contributed by atoms with van der Waals surface area (Å²) in [4.78, 5) is 17.6. The number of fused-ring (bicyclic) bond motifs is 3. The summed E-state index contributed by atoms with van der Waals surface area (Å²) in [5.41, 5.74) is 4.18. The SMILES string of the molecule is Cc1ccc2c(c1)[C@@H]1CN(C)CC[C@H]1N2C(=O)c1ccccc1Cl. The zero-order chi connectivity index (χ0) is 16.8. The van der Waals surface area contributed by atoms with Crippen LogP contribution in [0.15, 0.2) is 42.5 Å². The third kappa shape index (κ3) is 2.43. The van der Waals surface area contributed by atoms with E-state index in [1.54, 1.807) is 6.07 Å². The van der Waals surface area contributed by atoms with Crippen molar-refractivity contribution in [2.45, 2.75) is 25.3 Å². The van der Waals surface area contributed by atoms with E-state index in [-0.39, 0.29) is 11.9 Å². The molecule has 1 fully saturated rings. The molecule has 4 rings (SSSR count). The fraction of sp³-hybridized carbons (Fsp3) is 0.350. The summed E-state index contributed by atoms with van der Waals surface area (Å²) in [5.74, 6) is 0.396. The normalized spacial score (nSPS) is 23.0. The zero-order valence-electron chi connectivity index (χ0n) is 14.0. The number of hydrogen-bond acceptors (Lipinski definition) is 2. The van der Waals surface area contributed by atoms with Crippen LogP contribution in [0.25, 0.3) is 0 Å². The largest absolute Gasteiger partial charge is 0.306 e. The molecule has 0 aliphatic carbocycles. The average molecular weight is 341 g/mol. The number of nitrogens with zero attached hydrogens (tertiary/aromatic N) is 2. The van der Waals surface area contributed by atoms with Crippen molar-refractivity contribution in [3.05, 3.63) is 64.2 Å². The number of rotatable bonds is 1. The summed E-state index contributed by atoms with van der Waals surface area (Å²) >= 11 is 6.29. The van der Waals surface area contributed by atoms with Crippen molar-refractivity contribution in [2.24, 2.45) is 0 Å². The van der Waals surface area contributed by atoms with Gasteiger partial charge in [0.15, 0.2) is 0 Å². The second-order valence-electron chi connectivity index (χ2n) is 6.94. The minimum Gasteiger partial charge on any atom is -0.306 e. The number of aryl methyl sites for hydroxylation is 1. The highest BCUT2D eigenvalue weighted by Crippen LogP contribution is 2.45. The van der Waals surface area contributed by atoms with Crippen LogP contribution in [0.2, 0.25) is 5.02 Å². The summed E-state index contributed by atoms with van der Waals surface area (Å²) in [6, 6.07) is 14.0. The van der Waals surface area contributed by atoms with Crippen LogP contribution in [0, 0.1) is 6.92 Å². The van der Waals surface area contributed by atoms with E-state index in [1.165, 1.54) is 11.1 Å². The highest BCUT2D eigenvalue weighted by atomic mass is 35.5. The van der Waals surface area contributed by atoms with Gasteiger partial charge in [-0.1, -0.05) is 41.4 Å². The standard InChI is InChI=1S/C20H21ClN2O/c1-13-7-8-18-15(11-13)16-12-22(2)10-9-19(16)23(18)20(24)14-5-3-4-6-17(14)21/h3-8,11,16,19H,9-10,12H2,1-2H3/t16-,19+/m0/s1. The first kappa shape index (κ1) is 15.7. The van der Waals surface area contributed by atoms with Gasteiger partial charge in [0.2, 0.25) is 0 Å². The van der Waals surface area contributed by atoms with Gasteiger partial charge in [0.25, 0.3) is 5.91 Å². The lowest BCUT2D eigenvalue weighted by molar-refractivity contribution is 0.0965. The number of carbonyl (C=O) groups is 1. The van der Waals surface area contributed by atoms with Gasteiger partial charge in [-0.3, -0.25) is 4.79 Å². The van der Waals surface area contributed by atoms with Crippen molar-refractivity contribution < 1.29 is 4.79 Å². The zero-order valence-corrected chi connectivity index (χ0v) is 14.8. The Bertz CT molecular complexity index is 804. The quantitative estimate of drug-likeness (QED) is 0.780. The maximum atomic E-state index is 13.3. The Morgan fingerprint density at radius 2 is 2.00 bits per heavy atom. The second-order valence-corrected chi connectivity index (χ2v) is 7.35. The number of piperidine rings is 1. The van der Waals surface area contributed by atoms with E-state index in [4.69, 9.17) is 11.6 Å². The van der Waals surface area contributed by atoms with Crippen LogP contribution in [0.3, 0.4) is 0 Å². The van der Waals surface area contributed by atoms with E-state index >= 15 is 0 Å². The van der Waals surface area contributed by atoms with E-state index < -0.39 is 0 Å². The number of carbonyl (C=O) groups excluding carboxylic acids is 1. The molecule has 2 atom stereocenters. The highest BCUT2D eigenvalue weighted by molar-refractivity contribution is 6.34. The molecule has 2 aromatic carbocycles. The Balaban J connectivity index is 1.81. The Morgan fingerprint density at radius 1 is 1.21 bits per heavy atom. The summed E-state index contributed by atoms with van der Waals surface area (Å²) < 4.78 is 0. The minimum absolute atomic E-state index is 0.0164. The third-order valence-corrected chi connectivity index (χ3v) is 5.61. The minimum atomic E-state index is 0.0164. The molecule has 4 heteroatoms. The van der Waals surface area contributed by atoms with Crippen LogP contribution in [0.1, 0.15) is 33.8 Å². The molecule has 0 N–H and O–H groups in total. The molecular formula is C20H21ClN2O. The number of hydrogen-bond donors (Lipinski definition) is 0. The molecular weight excluding hydrogens is 320 g/mol.